The van der Waals surface area contributed by atoms with Crippen molar-refractivity contribution in [2.75, 3.05) is 19.6 Å². The summed E-state index contributed by atoms with van der Waals surface area (Å²) in [5, 5.41) is 11.1. The smallest absolute Gasteiger partial charge is 0.0945 e. The van der Waals surface area contributed by atoms with Crippen LogP contribution in [0, 0.1) is 0 Å². The molecule has 3 heterocycles. The predicted molar refractivity (Wildman–Crippen MR) is 97.9 cm³/mol. The van der Waals surface area contributed by atoms with Gasteiger partial charge in [0.1, 0.15) is 0 Å². The second-order valence-electron chi connectivity index (χ2n) is 7.61. The van der Waals surface area contributed by atoms with Crippen molar-refractivity contribution in [3.63, 3.8) is 0 Å². The van der Waals surface area contributed by atoms with E-state index in [1.54, 1.807) is 0 Å². The Labute approximate surface area is 149 Å². The van der Waals surface area contributed by atoms with Crippen molar-refractivity contribution in [1.82, 2.24) is 19.4 Å². The van der Waals surface area contributed by atoms with Gasteiger partial charge in [-0.3, -0.25) is 9.80 Å². The second kappa shape index (κ2) is 6.90. The number of aryl methyl sites for hydroxylation is 1. The molecule has 5 heteroatoms. The number of imidazole rings is 1. The van der Waals surface area contributed by atoms with Crippen LogP contribution in [-0.2, 0) is 20.1 Å². The first-order valence-electron chi connectivity index (χ1n) is 9.32. The first kappa shape index (κ1) is 16.8. The summed E-state index contributed by atoms with van der Waals surface area (Å²) in [6, 6.07) is 10.6. The Bertz CT molecular complexity index is 701. The standard InChI is InChI=1S/C20H28N4O/c1-22-16-21-12-18(22)14-23-11-9-20(19(25)15-23)8-5-10-24(20)13-17-6-3-2-4-7-17/h2-4,6-7,12,16,19,25H,5,8-11,13-15H2,1H3/t19-,20-/m0/s1. The largest absolute Gasteiger partial charge is 0.390 e. The van der Waals surface area contributed by atoms with Crippen LogP contribution in [-0.4, -0.2) is 55.7 Å². The number of aliphatic hydroxyl groups is 1. The van der Waals surface area contributed by atoms with Gasteiger partial charge in [0.05, 0.1) is 18.1 Å². The molecular weight excluding hydrogens is 312 g/mol. The van der Waals surface area contributed by atoms with Gasteiger partial charge in [-0.15, -0.1) is 0 Å². The zero-order chi connectivity index (χ0) is 17.3. The monoisotopic (exact) mass is 340 g/mol. The SMILES string of the molecule is Cn1cncc1CN1CC[C@@]2(CCCN2Cc2ccccc2)[C@@H](O)C1. The zero-order valence-corrected chi connectivity index (χ0v) is 15.0. The number of rotatable bonds is 4. The van der Waals surface area contributed by atoms with Crippen LogP contribution in [0.5, 0.6) is 0 Å². The maximum atomic E-state index is 11.1. The van der Waals surface area contributed by atoms with E-state index in [1.807, 2.05) is 19.6 Å². The third kappa shape index (κ3) is 3.24. The lowest BCUT2D eigenvalue weighted by Crippen LogP contribution is -2.61. The van der Waals surface area contributed by atoms with Crippen molar-refractivity contribution < 1.29 is 5.11 Å². The summed E-state index contributed by atoms with van der Waals surface area (Å²) < 4.78 is 2.06. The summed E-state index contributed by atoms with van der Waals surface area (Å²) >= 11 is 0. The molecule has 25 heavy (non-hydrogen) atoms. The number of piperidine rings is 1. The van der Waals surface area contributed by atoms with Crippen molar-refractivity contribution in [2.24, 2.45) is 7.05 Å². The molecule has 1 N–H and O–H groups in total. The van der Waals surface area contributed by atoms with E-state index >= 15 is 0 Å². The number of aromatic nitrogens is 2. The van der Waals surface area contributed by atoms with E-state index in [1.165, 1.54) is 17.7 Å². The number of benzene rings is 1. The van der Waals surface area contributed by atoms with Gasteiger partial charge in [0.15, 0.2) is 0 Å². The molecule has 4 rings (SSSR count). The molecule has 1 aromatic heterocycles. The summed E-state index contributed by atoms with van der Waals surface area (Å²) in [6.45, 7) is 4.68. The van der Waals surface area contributed by atoms with Crippen LogP contribution in [0.2, 0.25) is 0 Å². The molecule has 2 atom stereocenters. The fourth-order valence-electron chi connectivity index (χ4n) is 4.59. The second-order valence-corrected chi connectivity index (χ2v) is 7.61. The summed E-state index contributed by atoms with van der Waals surface area (Å²) in [5.41, 5.74) is 2.50. The molecule has 2 saturated heterocycles. The van der Waals surface area contributed by atoms with E-state index in [4.69, 9.17) is 0 Å². The number of hydrogen-bond donors (Lipinski definition) is 1. The molecule has 2 aliphatic rings. The molecule has 1 aromatic carbocycles. The fourth-order valence-corrected chi connectivity index (χ4v) is 4.59. The maximum Gasteiger partial charge on any atom is 0.0945 e. The summed E-state index contributed by atoms with van der Waals surface area (Å²) in [6.07, 6.45) is 6.81. The molecule has 0 amide bonds. The summed E-state index contributed by atoms with van der Waals surface area (Å²) in [4.78, 5) is 9.10. The Morgan fingerprint density at radius 1 is 1.16 bits per heavy atom. The van der Waals surface area contributed by atoms with Gasteiger partial charge in [0, 0.05) is 45.0 Å². The Kier molecular flexibility index (Phi) is 4.63. The molecule has 0 radical (unpaired) electrons. The molecule has 2 fully saturated rings. The van der Waals surface area contributed by atoms with Crippen LogP contribution in [0.25, 0.3) is 0 Å². The molecule has 5 nitrogen and oxygen atoms in total. The molecule has 0 aliphatic carbocycles. The first-order chi connectivity index (χ1) is 12.2. The fraction of sp³-hybridized carbons (Fsp3) is 0.550. The lowest BCUT2D eigenvalue weighted by Gasteiger charge is -2.48. The highest BCUT2D eigenvalue weighted by molar-refractivity contribution is 5.16. The van der Waals surface area contributed by atoms with E-state index < -0.39 is 0 Å². The van der Waals surface area contributed by atoms with Gasteiger partial charge in [0.25, 0.3) is 0 Å². The van der Waals surface area contributed by atoms with Crippen molar-refractivity contribution in [3.05, 3.63) is 54.1 Å². The quantitative estimate of drug-likeness (QED) is 0.925. The van der Waals surface area contributed by atoms with E-state index in [0.29, 0.717) is 0 Å². The number of β-amino-alcohol motifs (C(OH)–C–C–N with tert-alkyl or cyclic N) is 1. The average molecular weight is 340 g/mol. The average Bonchev–Trinajstić information content (AvgIpc) is 3.20. The van der Waals surface area contributed by atoms with Crippen LogP contribution in [0.1, 0.15) is 30.5 Å². The van der Waals surface area contributed by atoms with Gasteiger partial charge < -0.3 is 9.67 Å². The minimum atomic E-state index is -0.291. The Morgan fingerprint density at radius 2 is 2.00 bits per heavy atom. The van der Waals surface area contributed by atoms with E-state index in [0.717, 1.165) is 45.6 Å². The molecule has 2 aromatic rings. The van der Waals surface area contributed by atoms with Crippen LogP contribution in [0.3, 0.4) is 0 Å². The van der Waals surface area contributed by atoms with Crippen molar-refractivity contribution >= 4 is 0 Å². The van der Waals surface area contributed by atoms with Crippen LogP contribution < -0.4 is 0 Å². The van der Waals surface area contributed by atoms with E-state index in [-0.39, 0.29) is 11.6 Å². The predicted octanol–water partition coefficient (Wildman–Crippen LogP) is 2.02. The highest BCUT2D eigenvalue weighted by atomic mass is 16.3. The molecule has 2 aliphatic heterocycles. The van der Waals surface area contributed by atoms with Gasteiger partial charge >= 0.3 is 0 Å². The number of likely N-dealkylation sites (tertiary alicyclic amines) is 2. The third-order valence-corrected chi connectivity index (χ3v) is 6.10. The minimum absolute atomic E-state index is 0.0429. The van der Waals surface area contributed by atoms with Crippen LogP contribution >= 0.6 is 0 Å². The highest BCUT2D eigenvalue weighted by Crippen LogP contribution is 2.39. The van der Waals surface area contributed by atoms with Gasteiger partial charge in [-0.25, -0.2) is 4.98 Å². The number of hydrogen-bond acceptors (Lipinski definition) is 4. The van der Waals surface area contributed by atoms with Gasteiger partial charge in [0.2, 0.25) is 0 Å². The van der Waals surface area contributed by atoms with Gasteiger partial charge in [-0.2, -0.15) is 0 Å². The Balaban J connectivity index is 1.44. The molecule has 0 unspecified atom stereocenters. The normalized spacial score (nSPS) is 28.0. The number of aliphatic hydroxyl groups excluding tert-OH is 1. The van der Waals surface area contributed by atoms with E-state index in [2.05, 4.69) is 49.7 Å². The van der Waals surface area contributed by atoms with Crippen molar-refractivity contribution in [2.45, 2.75) is 44.0 Å². The van der Waals surface area contributed by atoms with Gasteiger partial charge in [-0.1, -0.05) is 30.3 Å². The lowest BCUT2D eigenvalue weighted by atomic mass is 9.82. The number of nitrogens with zero attached hydrogens (tertiary/aromatic N) is 4. The molecule has 134 valence electrons. The summed E-state index contributed by atoms with van der Waals surface area (Å²) in [5.74, 6) is 0. The Morgan fingerprint density at radius 3 is 2.72 bits per heavy atom. The van der Waals surface area contributed by atoms with Crippen molar-refractivity contribution in [1.29, 1.82) is 0 Å². The molecule has 0 bridgehead atoms. The molecular formula is C20H28N4O. The molecule has 1 spiro atoms. The molecule has 0 saturated carbocycles. The third-order valence-electron chi connectivity index (χ3n) is 6.10. The highest BCUT2D eigenvalue weighted by Gasteiger charge is 2.49. The summed E-state index contributed by atoms with van der Waals surface area (Å²) in [7, 11) is 2.03. The maximum absolute atomic E-state index is 11.1. The lowest BCUT2D eigenvalue weighted by molar-refractivity contribution is -0.0686. The van der Waals surface area contributed by atoms with Crippen molar-refractivity contribution in [3.8, 4) is 0 Å². The topological polar surface area (TPSA) is 44.5 Å². The minimum Gasteiger partial charge on any atom is -0.390 e. The van der Waals surface area contributed by atoms with Crippen LogP contribution in [0.15, 0.2) is 42.9 Å². The van der Waals surface area contributed by atoms with Gasteiger partial charge in [-0.05, 0) is 31.4 Å². The van der Waals surface area contributed by atoms with Crippen LogP contribution in [0.4, 0.5) is 0 Å². The first-order valence-corrected chi connectivity index (χ1v) is 9.32. The Hall–Kier alpha value is -1.69. The van der Waals surface area contributed by atoms with E-state index in [9.17, 15) is 5.11 Å². The zero-order valence-electron chi connectivity index (χ0n) is 15.0.